The average Bonchev–Trinajstić information content (AvgIpc) is 2.85. The summed E-state index contributed by atoms with van der Waals surface area (Å²) in [6, 6.07) is -0.346. The smallest absolute Gasteiger partial charge is 0.244 e. The minimum atomic E-state index is -0.394. The first kappa shape index (κ1) is 18.4. The van der Waals surface area contributed by atoms with Gasteiger partial charge in [-0.15, -0.1) is 12.4 Å². The van der Waals surface area contributed by atoms with Gasteiger partial charge in [0, 0.05) is 44.9 Å². The van der Waals surface area contributed by atoms with Crippen LogP contribution in [0.4, 0.5) is 0 Å². The molecule has 1 fully saturated rings. The van der Waals surface area contributed by atoms with Gasteiger partial charge >= 0.3 is 0 Å². The number of hydrogen-bond donors (Lipinski definition) is 2. The number of piperidine rings is 1. The molecule has 2 N–H and O–H groups in total. The lowest BCUT2D eigenvalue weighted by Crippen LogP contribution is -2.51. The number of carbonyl (C=O) groups is 2. The molecule has 2 rings (SSSR count). The van der Waals surface area contributed by atoms with E-state index < -0.39 is 6.04 Å². The zero-order chi connectivity index (χ0) is 15.4. The van der Waals surface area contributed by atoms with E-state index in [4.69, 9.17) is 0 Å². The lowest BCUT2D eigenvalue weighted by molar-refractivity contribution is -0.135. The standard InChI is InChI=1S/C14H23N5O2.ClH/c1-10(20)17-12-5-4-6-19(9-12)14(21)13(15-2)11-7-16-18(3)8-11;/h7-8,12-13,15H,4-6,9H2,1-3H3,(H,17,20);1H. The van der Waals surface area contributed by atoms with E-state index in [9.17, 15) is 9.59 Å². The van der Waals surface area contributed by atoms with Crippen molar-refractivity contribution >= 4 is 24.2 Å². The van der Waals surface area contributed by atoms with Crippen LogP contribution in [0.3, 0.4) is 0 Å². The van der Waals surface area contributed by atoms with Crippen LogP contribution < -0.4 is 10.6 Å². The summed E-state index contributed by atoms with van der Waals surface area (Å²) in [6.07, 6.45) is 5.36. The number of carbonyl (C=O) groups excluding carboxylic acids is 2. The van der Waals surface area contributed by atoms with Gasteiger partial charge < -0.3 is 15.5 Å². The van der Waals surface area contributed by atoms with Crippen LogP contribution in [0.1, 0.15) is 31.4 Å². The number of likely N-dealkylation sites (tertiary alicyclic amines) is 1. The zero-order valence-corrected chi connectivity index (χ0v) is 14.0. The zero-order valence-electron chi connectivity index (χ0n) is 13.2. The SMILES string of the molecule is CNC(C(=O)N1CCCC(NC(C)=O)C1)c1cnn(C)c1.Cl. The maximum absolute atomic E-state index is 12.7. The molecule has 2 heterocycles. The van der Waals surface area contributed by atoms with E-state index in [1.54, 1.807) is 17.9 Å². The van der Waals surface area contributed by atoms with Gasteiger partial charge in [0.2, 0.25) is 11.8 Å². The Bertz CT molecular complexity index is 519. The molecular formula is C14H24ClN5O2. The summed E-state index contributed by atoms with van der Waals surface area (Å²) >= 11 is 0. The Kier molecular flexibility index (Phi) is 6.83. The van der Waals surface area contributed by atoms with Crippen molar-refractivity contribution in [3.05, 3.63) is 18.0 Å². The van der Waals surface area contributed by atoms with Crippen LogP contribution in [0.25, 0.3) is 0 Å². The molecule has 1 saturated heterocycles. The van der Waals surface area contributed by atoms with Crippen LogP contribution >= 0.6 is 12.4 Å². The number of hydrogen-bond acceptors (Lipinski definition) is 4. The van der Waals surface area contributed by atoms with E-state index in [0.29, 0.717) is 6.54 Å². The van der Waals surface area contributed by atoms with Crippen LogP contribution in [0, 0.1) is 0 Å². The van der Waals surface area contributed by atoms with Gasteiger partial charge in [0.1, 0.15) is 6.04 Å². The minimum absolute atomic E-state index is 0. The van der Waals surface area contributed by atoms with E-state index in [1.165, 1.54) is 6.92 Å². The summed E-state index contributed by atoms with van der Waals surface area (Å²) in [5.41, 5.74) is 0.853. The van der Waals surface area contributed by atoms with Crippen molar-refractivity contribution in [1.29, 1.82) is 0 Å². The average molecular weight is 330 g/mol. The molecule has 1 aromatic heterocycles. The highest BCUT2D eigenvalue weighted by Gasteiger charge is 2.29. The molecule has 8 heteroatoms. The Morgan fingerprint density at radius 3 is 2.73 bits per heavy atom. The molecule has 1 aromatic rings. The van der Waals surface area contributed by atoms with Gasteiger partial charge in [0.05, 0.1) is 6.20 Å². The first-order valence-electron chi connectivity index (χ1n) is 7.23. The van der Waals surface area contributed by atoms with Gasteiger partial charge in [-0.25, -0.2) is 0 Å². The first-order chi connectivity index (χ1) is 10.0. The fourth-order valence-corrected chi connectivity index (χ4v) is 2.79. The van der Waals surface area contributed by atoms with E-state index >= 15 is 0 Å². The summed E-state index contributed by atoms with van der Waals surface area (Å²) in [6.45, 7) is 2.80. The quantitative estimate of drug-likeness (QED) is 0.829. The Hall–Kier alpha value is -1.60. The summed E-state index contributed by atoms with van der Waals surface area (Å²) in [4.78, 5) is 25.7. The van der Waals surface area contributed by atoms with Crippen molar-refractivity contribution < 1.29 is 9.59 Å². The van der Waals surface area contributed by atoms with Crippen LogP contribution in [-0.2, 0) is 16.6 Å². The molecule has 22 heavy (non-hydrogen) atoms. The van der Waals surface area contributed by atoms with Crippen LogP contribution in [0.15, 0.2) is 12.4 Å². The van der Waals surface area contributed by atoms with Gasteiger partial charge in [-0.1, -0.05) is 0 Å². The van der Waals surface area contributed by atoms with Crippen LogP contribution in [0.2, 0.25) is 0 Å². The minimum Gasteiger partial charge on any atom is -0.352 e. The van der Waals surface area contributed by atoms with E-state index in [0.717, 1.165) is 24.9 Å². The Morgan fingerprint density at radius 2 is 2.18 bits per heavy atom. The predicted molar refractivity (Wildman–Crippen MR) is 85.7 cm³/mol. The van der Waals surface area contributed by atoms with Crippen molar-refractivity contribution in [2.75, 3.05) is 20.1 Å². The van der Waals surface area contributed by atoms with Crippen molar-refractivity contribution in [1.82, 2.24) is 25.3 Å². The molecule has 1 aliphatic rings. The molecule has 0 saturated carbocycles. The van der Waals surface area contributed by atoms with Crippen LogP contribution in [0.5, 0.6) is 0 Å². The van der Waals surface area contributed by atoms with Gasteiger partial charge in [-0.2, -0.15) is 5.10 Å². The number of halogens is 1. The molecule has 0 aliphatic carbocycles. The van der Waals surface area contributed by atoms with Crippen molar-refractivity contribution in [2.45, 2.75) is 31.8 Å². The second-order valence-corrected chi connectivity index (χ2v) is 5.49. The Labute approximate surface area is 136 Å². The number of aromatic nitrogens is 2. The normalized spacial score (nSPS) is 19.2. The maximum Gasteiger partial charge on any atom is 0.244 e. The Balaban J connectivity index is 0.00000242. The molecular weight excluding hydrogens is 306 g/mol. The van der Waals surface area contributed by atoms with Gasteiger partial charge in [0.25, 0.3) is 0 Å². The Morgan fingerprint density at radius 1 is 1.45 bits per heavy atom. The first-order valence-corrected chi connectivity index (χ1v) is 7.23. The van der Waals surface area contributed by atoms with E-state index in [-0.39, 0.29) is 30.3 Å². The third-order valence-electron chi connectivity index (χ3n) is 3.73. The third kappa shape index (κ3) is 4.45. The molecule has 7 nitrogen and oxygen atoms in total. The predicted octanol–water partition coefficient (Wildman–Crippen LogP) is 0.230. The summed E-state index contributed by atoms with van der Waals surface area (Å²) < 4.78 is 1.68. The maximum atomic E-state index is 12.7. The number of aryl methyl sites for hydroxylation is 1. The van der Waals surface area contributed by atoms with E-state index in [2.05, 4.69) is 15.7 Å². The number of amides is 2. The largest absolute Gasteiger partial charge is 0.352 e. The summed E-state index contributed by atoms with van der Waals surface area (Å²) in [7, 11) is 3.60. The van der Waals surface area contributed by atoms with Crippen LogP contribution in [-0.4, -0.2) is 52.7 Å². The molecule has 0 aromatic carbocycles. The van der Waals surface area contributed by atoms with Crippen molar-refractivity contribution in [3.8, 4) is 0 Å². The molecule has 2 atom stereocenters. The number of nitrogens with zero attached hydrogens (tertiary/aromatic N) is 3. The monoisotopic (exact) mass is 329 g/mol. The fraction of sp³-hybridized carbons (Fsp3) is 0.643. The topological polar surface area (TPSA) is 79.3 Å². The molecule has 2 amide bonds. The second kappa shape index (κ2) is 8.14. The molecule has 0 radical (unpaired) electrons. The highest BCUT2D eigenvalue weighted by molar-refractivity contribution is 5.85. The van der Waals surface area contributed by atoms with Gasteiger partial charge in [-0.3, -0.25) is 14.3 Å². The molecule has 1 aliphatic heterocycles. The fourth-order valence-electron chi connectivity index (χ4n) is 2.79. The van der Waals surface area contributed by atoms with Gasteiger partial charge in [0.15, 0.2) is 0 Å². The highest BCUT2D eigenvalue weighted by atomic mass is 35.5. The van der Waals surface area contributed by atoms with E-state index in [1.807, 2.05) is 18.1 Å². The third-order valence-corrected chi connectivity index (χ3v) is 3.73. The lowest BCUT2D eigenvalue weighted by Gasteiger charge is -2.35. The van der Waals surface area contributed by atoms with Crippen molar-refractivity contribution in [2.24, 2.45) is 7.05 Å². The summed E-state index contributed by atoms with van der Waals surface area (Å²) in [5, 5.41) is 10.1. The molecule has 0 spiro atoms. The molecule has 124 valence electrons. The number of likely N-dealkylation sites (N-methyl/N-ethyl adjacent to an activating group) is 1. The lowest BCUT2D eigenvalue weighted by atomic mass is 10.0. The van der Waals surface area contributed by atoms with Crippen molar-refractivity contribution in [3.63, 3.8) is 0 Å². The number of rotatable bonds is 4. The summed E-state index contributed by atoms with van der Waals surface area (Å²) in [5.74, 6) is -0.0210. The number of nitrogens with one attached hydrogen (secondary N) is 2. The highest BCUT2D eigenvalue weighted by Crippen LogP contribution is 2.18. The van der Waals surface area contributed by atoms with Gasteiger partial charge in [-0.05, 0) is 19.9 Å². The molecule has 2 unspecified atom stereocenters. The molecule has 0 bridgehead atoms. The second-order valence-electron chi connectivity index (χ2n) is 5.49.